The van der Waals surface area contributed by atoms with E-state index in [1.54, 1.807) is 9.80 Å². The molecule has 6 nitrogen and oxygen atoms in total. The number of amides is 2. The van der Waals surface area contributed by atoms with Crippen molar-refractivity contribution in [2.75, 3.05) is 19.6 Å². The fourth-order valence-corrected chi connectivity index (χ4v) is 4.88. The quantitative estimate of drug-likeness (QED) is 0.723. The number of rotatable bonds is 6. The Balaban J connectivity index is 1.55. The molecule has 1 aromatic carbocycles. The van der Waals surface area contributed by atoms with Crippen LogP contribution in [0.3, 0.4) is 0 Å². The van der Waals surface area contributed by atoms with Gasteiger partial charge >= 0.3 is 6.09 Å². The highest BCUT2D eigenvalue weighted by molar-refractivity contribution is 6.80. The number of fused-ring (bicyclic) bond motifs is 2. The second-order valence-electron chi connectivity index (χ2n) is 9.14. The van der Waals surface area contributed by atoms with E-state index in [-0.39, 0.29) is 24.3 Å². The zero-order valence-corrected chi connectivity index (χ0v) is 18.6. The van der Waals surface area contributed by atoms with Crippen LogP contribution < -0.4 is 0 Å². The Labute approximate surface area is 174 Å². The molecule has 2 bridgehead atoms. The molecule has 2 fully saturated rings. The summed E-state index contributed by atoms with van der Waals surface area (Å²) < 4.78 is 5.42. The van der Waals surface area contributed by atoms with Gasteiger partial charge in [-0.15, -0.1) is 0 Å². The fraction of sp³-hybridized carbons (Fsp3) is 0.545. The van der Waals surface area contributed by atoms with Crippen molar-refractivity contribution in [2.45, 2.75) is 45.3 Å². The van der Waals surface area contributed by atoms with Gasteiger partial charge in [-0.05, 0) is 18.4 Å². The Hall–Kier alpha value is -2.12. The zero-order chi connectivity index (χ0) is 21.0. The molecule has 2 aliphatic heterocycles. The minimum atomic E-state index is -1.26. The van der Waals surface area contributed by atoms with Crippen molar-refractivity contribution < 1.29 is 19.4 Å². The van der Waals surface area contributed by atoms with Gasteiger partial charge in [-0.3, -0.25) is 4.79 Å². The zero-order valence-electron chi connectivity index (χ0n) is 17.6. The van der Waals surface area contributed by atoms with Crippen LogP contribution in [0.1, 0.15) is 18.4 Å². The SMILES string of the molecule is C[Si](C)(C)/C=C\CCN1C(=O)C2CC(CN(C(=O)OCc3ccccc3)C2)C1O. The van der Waals surface area contributed by atoms with Crippen LogP contribution in [0, 0.1) is 11.8 Å². The molecule has 0 aliphatic carbocycles. The maximum Gasteiger partial charge on any atom is 0.410 e. The van der Waals surface area contributed by atoms with Gasteiger partial charge in [0.2, 0.25) is 5.91 Å². The molecule has 29 heavy (non-hydrogen) atoms. The third-order valence-electron chi connectivity index (χ3n) is 5.47. The van der Waals surface area contributed by atoms with Crippen molar-refractivity contribution in [1.82, 2.24) is 9.80 Å². The summed E-state index contributed by atoms with van der Waals surface area (Å²) >= 11 is 0. The number of hydrogen-bond donors (Lipinski definition) is 1. The number of carbonyl (C=O) groups is 2. The molecule has 0 spiro atoms. The predicted octanol–water partition coefficient (Wildman–Crippen LogP) is 3.25. The van der Waals surface area contributed by atoms with E-state index in [1.165, 1.54) is 0 Å². The molecule has 1 aromatic rings. The summed E-state index contributed by atoms with van der Waals surface area (Å²) in [6, 6.07) is 9.52. The van der Waals surface area contributed by atoms with Gasteiger partial charge in [0.25, 0.3) is 0 Å². The Morgan fingerprint density at radius 3 is 2.66 bits per heavy atom. The van der Waals surface area contributed by atoms with Gasteiger partial charge in [0.1, 0.15) is 12.8 Å². The van der Waals surface area contributed by atoms with Gasteiger partial charge < -0.3 is 19.6 Å². The molecule has 2 saturated heterocycles. The highest BCUT2D eigenvalue weighted by Gasteiger charge is 2.46. The lowest BCUT2D eigenvalue weighted by Gasteiger charge is -2.47. The average Bonchev–Trinajstić information content (AvgIpc) is 2.70. The lowest BCUT2D eigenvalue weighted by Crippen LogP contribution is -2.61. The normalized spacial score (nSPS) is 24.8. The van der Waals surface area contributed by atoms with Crippen molar-refractivity contribution in [2.24, 2.45) is 11.8 Å². The van der Waals surface area contributed by atoms with E-state index < -0.39 is 20.4 Å². The Kier molecular flexibility index (Phi) is 6.80. The van der Waals surface area contributed by atoms with Crippen LogP contribution in [0.15, 0.2) is 42.1 Å². The van der Waals surface area contributed by atoms with Gasteiger partial charge in [0, 0.05) is 25.6 Å². The minimum Gasteiger partial charge on any atom is -0.445 e. The van der Waals surface area contributed by atoms with Gasteiger partial charge in [-0.25, -0.2) is 4.79 Å². The number of hydrogen-bond acceptors (Lipinski definition) is 4. The molecule has 2 amide bonds. The van der Waals surface area contributed by atoms with Gasteiger partial charge in [-0.2, -0.15) is 0 Å². The van der Waals surface area contributed by atoms with Crippen molar-refractivity contribution in [3.63, 3.8) is 0 Å². The third kappa shape index (κ3) is 5.70. The predicted molar refractivity (Wildman–Crippen MR) is 115 cm³/mol. The third-order valence-corrected chi connectivity index (χ3v) is 6.71. The number of benzene rings is 1. The standard InChI is InChI=1S/C22H32N2O4Si/c1-29(2,3)12-8-7-11-24-20(25)18-13-19(21(24)26)15-23(14-18)22(27)28-16-17-9-5-4-6-10-17/h4-6,8-10,12,18-20,25H,7,11,13-16H2,1-3H3/b12-8-. The lowest BCUT2D eigenvalue weighted by atomic mass is 9.82. The number of aliphatic hydroxyl groups excluding tert-OH is 1. The molecule has 3 atom stereocenters. The van der Waals surface area contributed by atoms with Crippen molar-refractivity contribution in [3.8, 4) is 0 Å². The van der Waals surface area contributed by atoms with Crippen molar-refractivity contribution in [3.05, 3.63) is 47.7 Å². The number of carbonyl (C=O) groups excluding carboxylic acids is 2. The second-order valence-corrected chi connectivity index (χ2v) is 14.2. The number of ether oxygens (including phenoxy) is 1. The Morgan fingerprint density at radius 1 is 1.24 bits per heavy atom. The maximum atomic E-state index is 12.9. The smallest absolute Gasteiger partial charge is 0.410 e. The Bertz CT molecular complexity index is 747. The summed E-state index contributed by atoms with van der Waals surface area (Å²) in [5, 5.41) is 10.7. The van der Waals surface area contributed by atoms with Crippen LogP contribution in [0.2, 0.25) is 19.6 Å². The molecule has 2 aliphatic rings. The monoisotopic (exact) mass is 416 g/mol. The van der Waals surface area contributed by atoms with E-state index in [0.717, 1.165) is 12.0 Å². The first kappa shape index (κ1) is 21.6. The van der Waals surface area contributed by atoms with E-state index >= 15 is 0 Å². The van der Waals surface area contributed by atoms with E-state index in [1.807, 2.05) is 30.3 Å². The topological polar surface area (TPSA) is 70.1 Å². The summed E-state index contributed by atoms with van der Waals surface area (Å²) in [5.74, 6) is -0.449. The summed E-state index contributed by atoms with van der Waals surface area (Å²) in [5.41, 5.74) is 3.19. The van der Waals surface area contributed by atoms with E-state index in [9.17, 15) is 14.7 Å². The first-order chi connectivity index (χ1) is 13.7. The molecule has 158 valence electrons. The number of piperidine rings is 2. The highest BCUT2D eigenvalue weighted by Crippen LogP contribution is 2.33. The van der Waals surface area contributed by atoms with Crippen LogP contribution in [0.25, 0.3) is 0 Å². The molecule has 2 heterocycles. The van der Waals surface area contributed by atoms with Crippen LogP contribution in [0.5, 0.6) is 0 Å². The molecule has 1 N–H and O–H groups in total. The number of nitrogens with zero attached hydrogens (tertiary/aromatic N) is 2. The second kappa shape index (κ2) is 9.13. The molecular weight excluding hydrogens is 384 g/mol. The van der Waals surface area contributed by atoms with Crippen LogP contribution >= 0.6 is 0 Å². The molecule has 7 heteroatoms. The first-order valence-corrected chi connectivity index (χ1v) is 13.9. The summed E-state index contributed by atoms with van der Waals surface area (Å²) in [4.78, 5) is 28.5. The van der Waals surface area contributed by atoms with Crippen LogP contribution in [-0.2, 0) is 16.1 Å². The maximum absolute atomic E-state index is 12.9. The molecule has 0 radical (unpaired) electrons. The molecular formula is C22H32N2O4Si. The van der Waals surface area contributed by atoms with Gasteiger partial charge in [0.05, 0.1) is 14.0 Å². The van der Waals surface area contributed by atoms with E-state index in [0.29, 0.717) is 26.1 Å². The number of likely N-dealkylation sites (tertiary alicyclic amines) is 2. The Morgan fingerprint density at radius 2 is 1.97 bits per heavy atom. The molecule has 3 unspecified atom stereocenters. The largest absolute Gasteiger partial charge is 0.445 e. The van der Waals surface area contributed by atoms with Gasteiger partial charge in [0.15, 0.2) is 0 Å². The van der Waals surface area contributed by atoms with Crippen LogP contribution in [0.4, 0.5) is 4.79 Å². The number of aliphatic hydroxyl groups is 1. The molecule has 0 saturated carbocycles. The van der Waals surface area contributed by atoms with E-state index in [2.05, 4.69) is 31.4 Å². The fourth-order valence-electron chi connectivity index (χ4n) is 4.01. The van der Waals surface area contributed by atoms with Crippen molar-refractivity contribution in [1.29, 1.82) is 0 Å². The van der Waals surface area contributed by atoms with Gasteiger partial charge in [-0.1, -0.05) is 61.7 Å². The summed E-state index contributed by atoms with van der Waals surface area (Å²) in [7, 11) is -1.26. The van der Waals surface area contributed by atoms with Crippen LogP contribution in [-0.4, -0.2) is 60.8 Å². The highest BCUT2D eigenvalue weighted by atomic mass is 28.3. The minimum absolute atomic E-state index is 0.0595. The van der Waals surface area contributed by atoms with E-state index in [4.69, 9.17) is 4.74 Å². The van der Waals surface area contributed by atoms with Crippen molar-refractivity contribution >= 4 is 20.1 Å². The average molecular weight is 417 g/mol. The molecule has 3 rings (SSSR count). The first-order valence-electron chi connectivity index (χ1n) is 10.4. The summed E-state index contributed by atoms with van der Waals surface area (Å²) in [6.45, 7) is 8.29. The molecule has 0 aromatic heterocycles. The lowest BCUT2D eigenvalue weighted by molar-refractivity contribution is -0.167. The summed E-state index contributed by atoms with van der Waals surface area (Å²) in [6.07, 6.45) is 2.24.